The topological polar surface area (TPSA) is 71.1 Å². The second-order valence-electron chi connectivity index (χ2n) is 5.47. The van der Waals surface area contributed by atoms with Crippen molar-refractivity contribution >= 4 is 11.9 Å². The second kappa shape index (κ2) is 3.68. The lowest BCUT2D eigenvalue weighted by Gasteiger charge is -2.21. The molecule has 0 bridgehead atoms. The van der Waals surface area contributed by atoms with Crippen molar-refractivity contribution in [3.05, 3.63) is 0 Å². The van der Waals surface area contributed by atoms with Crippen molar-refractivity contribution in [1.82, 2.24) is 0 Å². The van der Waals surface area contributed by atoms with E-state index in [9.17, 15) is 9.59 Å². The standard InChI is InChI=1S/C12H16O6/c1-5(13)15-9-6-4-7-10(8(6)16-11(9)14)18-12(2,3)17-7/h6-10H,4H2,1-3H3/t6-,7+,8-,9-,10+/m0/s1. The summed E-state index contributed by atoms with van der Waals surface area (Å²) in [6, 6.07) is 0. The predicted octanol–water partition coefficient (Wildman–Crippen LogP) is 0.383. The molecule has 2 saturated heterocycles. The van der Waals surface area contributed by atoms with Gasteiger partial charge in [0.2, 0.25) is 6.10 Å². The molecule has 100 valence electrons. The third-order valence-corrected chi connectivity index (χ3v) is 3.64. The normalized spacial score (nSPS) is 44.4. The first-order chi connectivity index (χ1) is 8.37. The summed E-state index contributed by atoms with van der Waals surface area (Å²) < 4.78 is 21.8. The molecule has 18 heavy (non-hydrogen) atoms. The van der Waals surface area contributed by atoms with Crippen LogP contribution in [0.3, 0.4) is 0 Å². The molecule has 0 aromatic carbocycles. The van der Waals surface area contributed by atoms with Gasteiger partial charge in [-0.15, -0.1) is 0 Å². The molecular weight excluding hydrogens is 240 g/mol. The summed E-state index contributed by atoms with van der Waals surface area (Å²) in [4.78, 5) is 22.7. The van der Waals surface area contributed by atoms with Crippen molar-refractivity contribution in [3.63, 3.8) is 0 Å². The molecule has 2 heterocycles. The zero-order chi connectivity index (χ0) is 13.1. The minimum absolute atomic E-state index is 0.0961. The smallest absolute Gasteiger partial charge is 0.348 e. The Bertz CT molecular complexity index is 403. The average molecular weight is 256 g/mol. The molecule has 1 saturated carbocycles. The predicted molar refractivity (Wildman–Crippen MR) is 57.4 cm³/mol. The highest BCUT2D eigenvalue weighted by atomic mass is 16.8. The molecule has 0 radical (unpaired) electrons. The first kappa shape index (κ1) is 11.9. The van der Waals surface area contributed by atoms with Crippen LogP contribution in [0.15, 0.2) is 0 Å². The lowest BCUT2D eigenvalue weighted by atomic mass is 10.0. The average Bonchev–Trinajstić information content (AvgIpc) is 2.77. The largest absolute Gasteiger partial charge is 0.456 e. The molecule has 2 aliphatic heterocycles. The Morgan fingerprint density at radius 3 is 2.72 bits per heavy atom. The molecule has 0 N–H and O–H groups in total. The highest BCUT2D eigenvalue weighted by Crippen LogP contribution is 2.47. The van der Waals surface area contributed by atoms with Crippen molar-refractivity contribution in [2.75, 3.05) is 0 Å². The van der Waals surface area contributed by atoms with Gasteiger partial charge in [0.05, 0.1) is 6.10 Å². The summed E-state index contributed by atoms with van der Waals surface area (Å²) >= 11 is 0. The molecule has 0 aromatic heterocycles. The molecular formula is C12H16O6. The number of hydrogen-bond acceptors (Lipinski definition) is 6. The number of fused-ring (bicyclic) bond motifs is 3. The Balaban J connectivity index is 1.77. The fraction of sp³-hybridized carbons (Fsp3) is 0.833. The molecule has 0 spiro atoms. The van der Waals surface area contributed by atoms with Crippen molar-refractivity contribution in [2.24, 2.45) is 5.92 Å². The van der Waals surface area contributed by atoms with Gasteiger partial charge in [-0.05, 0) is 20.3 Å². The van der Waals surface area contributed by atoms with Crippen molar-refractivity contribution in [3.8, 4) is 0 Å². The number of esters is 2. The Hall–Kier alpha value is -1.14. The van der Waals surface area contributed by atoms with Crippen LogP contribution in [0.5, 0.6) is 0 Å². The SMILES string of the molecule is CC(=O)O[C@@H]1C(=O)O[C@H]2[C@@H]1C[C@H]1OC(C)(C)O[C@@H]21. The van der Waals surface area contributed by atoms with Gasteiger partial charge in [-0.2, -0.15) is 0 Å². The van der Waals surface area contributed by atoms with Crippen LogP contribution in [0.1, 0.15) is 27.2 Å². The van der Waals surface area contributed by atoms with Gasteiger partial charge in [-0.1, -0.05) is 0 Å². The van der Waals surface area contributed by atoms with Crippen LogP contribution in [0.4, 0.5) is 0 Å². The molecule has 3 aliphatic rings. The Kier molecular flexibility index (Phi) is 2.44. The molecule has 3 rings (SSSR count). The quantitative estimate of drug-likeness (QED) is 0.632. The van der Waals surface area contributed by atoms with E-state index in [1.165, 1.54) is 6.92 Å². The number of carbonyl (C=O) groups is 2. The second-order valence-corrected chi connectivity index (χ2v) is 5.47. The van der Waals surface area contributed by atoms with Gasteiger partial charge in [0.15, 0.2) is 5.79 Å². The molecule has 6 nitrogen and oxygen atoms in total. The number of ether oxygens (including phenoxy) is 4. The molecule has 0 unspecified atom stereocenters. The molecule has 5 atom stereocenters. The summed E-state index contributed by atoms with van der Waals surface area (Å²) in [5, 5.41) is 0. The maximum Gasteiger partial charge on any atom is 0.348 e. The molecule has 6 heteroatoms. The van der Waals surface area contributed by atoms with Gasteiger partial charge in [0.25, 0.3) is 0 Å². The number of hydrogen-bond donors (Lipinski definition) is 0. The fourth-order valence-corrected chi connectivity index (χ4v) is 3.11. The van der Waals surface area contributed by atoms with E-state index in [1.54, 1.807) is 0 Å². The van der Waals surface area contributed by atoms with Gasteiger partial charge < -0.3 is 18.9 Å². The third-order valence-electron chi connectivity index (χ3n) is 3.64. The van der Waals surface area contributed by atoms with E-state index >= 15 is 0 Å². The minimum Gasteiger partial charge on any atom is -0.456 e. The summed E-state index contributed by atoms with van der Waals surface area (Å²) in [7, 11) is 0. The Morgan fingerprint density at radius 2 is 2.06 bits per heavy atom. The highest BCUT2D eigenvalue weighted by molar-refractivity contribution is 5.81. The van der Waals surface area contributed by atoms with Crippen molar-refractivity contribution in [2.45, 2.75) is 57.4 Å². The van der Waals surface area contributed by atoms with Gasteiger partial charge >= 0.3 is 11.9 Å². The van der Waals surface area contributed by atoms with Crippen molar-refractivity contribution < 1.29 is 28.5 Å². The van der Waals surface area contributed by atoms with Crippen LogP contribution in [0.25, 0.3) is 0 Å². The van der Waals surface area contributed by atoms with E-state index in [0.29, 0.717) is 6.42 Å². The zero-order valence-corrected chi connectivity index (χ0v) is 10.5. The minimum atomic E-state index is -0.812. The first-order valence-electron chi connectivity index (χ1n) is 6.11. The van der Waals surface area contributed by atoms with E-state index in [2.05, 4.69) is 0 Å². The third kappa shape index (κ3) is 1.71. The van der Waals surface area contributed by atoms with Crippen LogP contribution in [0.2, 0.25) is 0 Å². The van der Waals surface area contributed by atoms with E-state index in [4.69, 9.17) is 18.9 Å². The first-order valence-corrected chi connectivity index (χ1v) is 6.11. The number of carbonyl (C=O) groups excluding carboxylic acids is 2. The van der Waals surface area contributed by atoms with Gasteiger partial charge in [-0.3, -0.25) is 4.79 Å². The lowest BCUT2D eigenvalue weighted by molar-refractivity contribution is -0.169. The Labute approximate surface area is 105 Å². The monoisotopic (exact) mass is 256 g/mol. The zero-order valence-electron chi connectivity index (χ0n) is 10.5. The van der Waals surface area contributed by atoms with Crippen LogP contribution in [0, 0.1) is 5.92 Å². The maximum atomic E-state index is 11.7. The lowest BCUT2D eigenvalue weighted by Crippen LogP contribution is -2.32. The maximum absolute atomic E-state index is 11.7. The summed E-state index contributed by atoms with van der Waals surface area (Å²) in [5.41, 5.74) is 0. The van der Waals surface area contributed by atoms with E-state index in [0.717, 1.165) is 0 Å². The summed E-state index contributed by atoms with van der Waals surface area (Å²) in [6.07, 6.45) is -0.916. The van der Waals surface area contributed by atoms with E-state index in [1.807, 2.05) is 13.8 Å². The molecule has 3 fully saturated rings. The van der Waals surface area contributed by atoms with E-state index in [-0.39, 0.29) is 24.2 Å². The number of rotatable bonds is 1. The van der Waals surface area contributed by atoms with Crippen LogP contribution in [-0.4, -0.2) is 42.1 Å². The molecule has 0 aromatic rings. The highest BCUT2D eigenvalue weighted by Gasteiger charge is 2.62. The molecule has 1 aliphatic carbocycles. The van der Waals surface area contributed by atoms with E-state index < -0.39 is 23.8 Å². The summed E-state index contributed by atoms with van der Waals surface area (Å²) in [6.45, 7) is 4.95. The summed E-state index contributed by atoms with van der Waals surface area (Å²) in [5.74, 6) is -1.76. The van der Waals surface area contributed by atoms with Crippen LogP contribution in [-0.2, 0) is 28.5 Å². The fourth-order valence-electron chi connectivity index (χ4n) is 3.11. The van der Waals surface area contributed by atoms with Gasteiger partial charge in [0.1, 0.15) is 12.2 Å². The van der Waals surface area contributed by atoms with Gasteiger partial charge in [-0.25, -0.2) is 4.79 Å². The van der Waals surface area contributed by atoms with Crippen LogP contribution >= 0.6 is 0 Å². The van der Waals surface area contributed by atoms with Gasteiger partial charge in [0, 0.05) is 12.8 Å². The van der Waals surface area contributed by atoms with Crippen molar-refractivity contribution in [1.29, 1.82) is 0 Å². The molecule has 0 amide bonds. The van der Waals surface area contributed by atoms with Crippen LogP contribution < -0.4 is 0 Å². The Morgan fingerprint density at radius 1 is 1.33 bits per heavy atom.